The van der Waals surface area contributed by atoms with Crippen LogP contribution in [0, 0.1) is 0 Å². The number of nitrogens with zero attached hydrogens (tertiary/aromatic N) is 2. The molecule has 3 rings (SSSR count). The highest BCUT2D eigenvalue weighted by molar-refractivity contribution is 7.12. The van der Waals surface area contributed by atoms with E-state index in [-0.39, 0.29) is 5.91 Å². The van der Waals surface area contributed by atoms with Crippen LogP contribution in [0.1, 0.15) is 125 Å². The number of nitrogens with one attached hydrogen (secondary N) is 1. The average molecular weight is 510 g/mol. The summed E-state index contributed by atoms with van der Waals surface area (Å²) in [4.78, 5) is 17.9. The number of aromatic nitrogens is 2. The Bertz CT molecular complexity index is 979. The van der Waals surface area contributed by atoms with Crippen molar-refractivity contribution in [3.63, 3.8) is 0 Å². The van der Waals surface area contributed by atoms with Crippen LogP contribution in [0.4, 0.5) is 0 Å². The van der Waals surface area contributed by atoms with E-state index < -0.39 is 0 Å². The number of aryl methyl sites for hydroxylation is 1. The summed E-state index contributed by atoms with van der Waals surface area (Å²) in [5.74, 6) is 0.924. The first-order chi connectivity index (χ1) is 17.8. The van der Waals surface area contributed by atoms with Crippen LogP contribution in [0.25, 0.3) is 11.0 Å². The number of amides is 1. The van der Waals surface area contributed by atoms with E-state index in [0.29, 0.717) is 6.54 Å². The Balaban J connectivity index is 1.26. The molecule has 0 atom stereocenters. The van der Waals surface area contributed by atoms with Gasteiger partial charge in [-0.05, 0) is 30.0 Å². The minimum absolute atomic E-state index is 0.0222. The van der Waals surface area contributed by atoms with Crippen LogP contribution >= 0.6 is 11.3 Å². The summed E-state index contributed by atoms with van der Waals surface area (Å²) in [5, 5.41) is 4.98. The Kier molecular flexibility index (Phi) is 13.7. The fourth-order valence-corrected chi connectivity index (χ4v) is 5.62. The van der Waals surface area contributed by atoms with Crippen LogP contribution in [0.2, 0.25) is 0 Å². The molecule has 1 aromatic carbocycles. The number of para-hydroxylation sites is 2. The highest BCUT2D eigenvalue weighted by Gasteiger charge is 2.12. The van der Waals surface area contributed by atoms with E-state index in [1.54, 1.807) is 0 Å². The van der Waals surface area contributed by atoms with Gasteiger partial charge in [0, 0.05) is 6.54 Å². The Labute approximate surface area is 222 Å². The zero-order valence-electron chi connectivity index (χ0n) is 22.5. The zero-order valence-corrected chi connectivity index (χ0v) is 23.3. The second-order valence-electron chi connectivity index (χ2n) is 10.1. The number of hydrogen-bond donors (Lipinski definition) is 1. The summed E-state index contributed by atoms with van der Waals surface area (Å²) >= 11 is 1.47. The minimum Gasteiger partial charge on any atom is -0.344 e. The zero-order chi connectivity index (χ0) is 25.3. The van der Waals surface area contributed by atoms with Crippen LogP contribution in [0.5, 0.6) is 0 Å². The summed E-state index contributed by atoms with van der Waals surface area (Å²) in [5.41, 5.74) is 2.17. The molecule has 0 saturated carbocycles. The quantitative estimate of drug-likeness (QED) is 0.154. The van der Waals surface area contributed by atoms with Crippen molar-refractivity contribution in [3.05, 3.63) is 52.5 Å². The normalized spacial score (nSPS) is 11.4. The Morgan fingerprint density at radius 1 is 0.778 bits per heavy atom. The second kappa shape index (κ2) is 17.3. The monoisotopic (exact) mass is 509 g/mol. The van der Waals surface area contributed by atoms with Crippen LogP contribution in [-0.4, -0.2) is 15.5 Å². The lowest BCUT2D eigenvalue weighted by Gasteiger charge is -2.10. The van der Waals surface area contributed by atoms with Crippen molar-refractivity contribution in [2.75, 3.05) is 0 Å². The van der Waals surface area contributed by atoms with Gasteiger partial charge in [0.05, 0.1) is 22.5 Å². The molecule has 0 spiro atoms. The van der Waals surface area contributed by atoms with Crippen molar-refractivity contribution >= 4 is 28.3 Å². The molecular formula is C31H47N3OS. The molecule has 0 aliphatic carbocycles. The van der Waals surface area contributed by atoms with Crippen molar-refractivity contribution in [2.24, 2.45) is 0 Å². The van der Waals surface area contributed by atoms with Gasteiger partial charge >= 0.3 is 0 Å². The van der Waals surface area contributed by atoms with Gasteiger partial charge in [-0.25, -0.2) is 4.98 Å². The lowest BCUT2D eigenvalue weighted by molar-refractivity contribution is 0.0953. The SMILES string of the molecule is CCCCCCCCCCCCCCCCCCn1c(CNC(=O)c2cccs2)nc2ccccc21. The van der Waals surface area contributed by atoms with Gasteiger partial charge in [0.15, 0.2) is 0 Å². The van der Waals surface area contributed by atoms with Gasteiger partial charge in [0.25, 0.3) is 5.91 Å². The standard InChI is InChI=1S/C31H47N3OS/c1-2-3-4-5-6-7-8-9-10-11-12-13-14-15-16-19-24-34-28-22-18-17-21-27(28)33-30(34)26-32-31(35)29-23-20-25-36-29/h17-18,20-23,25H,2-16,19,24,26H2,1H3,(H,32,35). The van der Waals surface area contributed by atoms with Gasteiger partial charge in [-0.1, -0.05) is 121 Å². The molecule has 3 aromatic rings. The van der Waals surface area contributed by atoms with Crippen molar-refractivity contribution in [2.45, 2.75) is 123 Å². The topological polar surface area (TPSA) is 46.9 Å². The molecule has 198 valence electrons. The molecule has 0 aliphatic rings. The van der Waals surface area contributed by atoms with E-state index in [0.717, 1.165) is 29.2 Å². The molecule has 2 aromatic heterocycles. The van der Waals surface area contributed by atoms with Gasteiger partial charge in [0.1, 0.15) is 5.82 Å². The Morgan fingerprint density at radius 2 is 1.36 bits per heavy atom. The van der Waals surface area contributed by atoms with Crippen molar-refractivity contribution in [1.82, 2.24) is 14.9 Å². The molecule has 1 N–H and O–H groups in total. The third-order valence-corrected chi connectivity index (χ3v) is 7.99. The Hall–Kier alpha value is -2.14. The average Bonchev–Trinajstić information content (AvgIpc) is 3.56. The van der Waals surface area contributed by atoms with E-state index in [4.69, 9.17) is 4.98 Å². The van der Waals surface area contributed by atoms with Crippen molar-refractivity contribution in [3.8, 4) is 0 Å². The molecule has 0 fully saturated rings. The second-order valence-corrected chi connectivity index (χ2v) is 11.1. The molecule has 5 heteroatoms. The first kappa shape index (κ1) is 28.4. The van der Waals surface area contributed by atoms with E-state index in [2.05, 4.69) is 35.0 Å². The number of thiophene rings is 1. The summed E-state index contributed by atoms with van der Waals surface area (Å²) in [6.07, 6.45) is 22.1. The largest absolute Gasteiger partial charge is 0.344 e. The van der Waals surface area contributed by atoms with Crippen LogP contribution in [-0.2, 0) is 13.1 Å². The fourth-order valence-electron chi connectivity index (χ4n) is 4.98. The summed E-state index contributed by atoms with van der Waals surface area (Å²) in [6.45, 7) is 3.71. The van der Waals surface area contributed by atoms with Crippen LogP contribution in [0.15, 0.2) is 41.8 Å². The molecule has 0 radical (unpaired) electrons. The Morgan fingerprint density at radius 3 is 1.94 bits per heavy atom. The number of imidazole rings is 1. The molecule has 0 unspecified atom stereocenters. The maximum atomic E-state index is 12.4. The lowest BCUT2D eigenvalue weighted by Crippen LogP contribution is -2.24. The third-order valence-electron chi connectivity index (χ3n) is 7.12. The molecule has 2 heterocycles. The number of unbranched alkanes of at least 4 members (excludes halogenated alkanes) is 15. The molecule has 0 saturated heterocycles. The molecule has 0 aliphatic heterocycles. The minimum atomic E-state index is -0.0222. The smallest absolute Gasteiger partial charge is 0.261 e. The predicted molar refractivity (Wildman–Crippen MR) is 155 cm³/mol. The van der Waals surface area contributed by atoms with Gasteiger partial charge < -0.3 is 9.88 Å². The van der Waals surface area contributed by atoms with Gasteiger partial charge in [-0.2, -0.15) is 0 Å². The lowest BCUT2D eigenvalue weighted by atomic mass is 10.0. The van der Waals surface area contributed by atoms with Gasteiger partial charge in [-0.15, -0.1) is 11.3 Å². The fraction of sp³-hybridized carbons (Fsp3) is 0.613. The van der Waals surface area contributed by atoms with Crippen molar-refractivity contribution < 1.29 is 4.79 Å². The molecular weight excluding hydrogens is 462 g/mol. The van der Waals surface area contributed by atoms with E-state index in [1.165, 1.54) is 113 Å². The number of rotatable bonds is 20. The van der Waals surface area contributed by atoms with E-state index in [9.17, 15) is 4.79 Å². The number of hydrogen-bond acceptors (Lipinski definition) is 3. The number of benzene rings is 1. The summed E-state index contributed by atoms with van der Waals surface area (Å²) in [7, 11) is 0. The maximum Gasteiger partial charge on any atom is 0.261 e. The molecule has 36 heavy (non-hydrogen) atoms. The number of fused-ring (bicyclic) bond motifs is 1. The van der Waals surface area contributed by atoms with Crippen molar-refractivity contribution in [1.29, 1.82) is 0 Å². The van der Waals surface area contributed by atoms with E-state index in [1.807, 2.05) is 23.6 Å². The predicted octanol–water partition coefficient (Wildman–Crippen LogP) is 9.29. The molecule has 4 nitrogen and oxygen atoms in total. The highest BCUT2D eigenvalue weighted by Crippen LogP contribution is 2.19. The third kappa shape index (κ3) is 10.1. The van der Waals surface area contributed by atoms with Gasteiger partial charge in [-0.3, -0.25) is 4.79 Å². The highest BCUT2D eigenvalue weighted by atomic mass is 32.1. The first-order valence-electron chi connectivity index (χ1n) is 14.6. The maximum absolute atomic E-state index is 12.4. The number of carbonyl (C=O) groups excluding carboxylic acids is 1. The van der Waals surface area contributed by atoms with Crippen LogP contribution in [0.3, 0.4) is 0 Å². The molecule has 0 bridgehead atoms. The summed E-state index contributed by atoms with van der Waals surface area (Å²) in [6, 6.07) is 12.1. The van der Waals surface area contributed by atoms with Crippen LogP contribution < -0.4 is 5.32 Å². The van der Waals surface area contributed by atoms with E-state index >= 15 is 0 Å². The van der Waals surface area contributed by atoms with Gasteiger partial charge in [0.2, 0.25) is 0 Å². The first-order valence-corrected chi connectivity index (χ1v) is 15.4. The molecule has 1 amide bonds. The summed E-state index contributed by atoms with van der Waals surface area (Å²) < 4.78 is 2.30. The number of carbonyl (C=O) groups is 1.